The Morgan fingerprint density at radius 3 is 0.724 bits per heavy atom. The van der Waals surface area contributed by atoms with Gasteiger partial charge in [0.15, 0.2) is 17.3 Å². The van der Waals surface area contributed by atoms with Crippen LogP contribution in [0.15, 0.2) is 0 Å². The minimum Gasteiger partial charge on any atom is -0.305 e. The van der Waals surface area contributed by atoms with Crippen LogP contribution in [0.5, 0.6) is 0 Å². The van der Waals surface area contributed by atoms with Crippen LogP contribution in [-0.4, -0.2) is 34.0 Å². The van der Waals surface area contributed by atoms with Crippen LogP contribution >= 0.6 is 209 Å². The van der Waals surface area contributed by atoms with Gasteiger partial charge in [0.2, 0.25) is 7.59 Å². The lowest BCUT2D eigenvalue weighted by Gasteiger charge is -2.44. The smallest absolute Gasteiger partial charge is 0.253 e. The van der Waals surface area contributed by atoms with Crippen molar-refractivity contribution in [3.8, 4) is 0 Å². The second-order valence-electron chi connectivity index (χ2n) is 5.30. The summed E-state index contributed by atoms with van der Waals surface area (Å²) in [6.07, 6.45) is -1.58. The largest absolute Gasteiger partial charge is 0.305 e. The van der Waals surface area contributed by atoms with Crippen LogP contribution < -0.4 is 0 Å². The minimum absolute atomic E-state index is 0.791. The highest BCUT2D eigenvalue weighted by Crippen LogP contribution is 2.61. The molecule has 0 heterocycles. The summed E-state index contributed by atoms with van der Waals surface area (Å²) in [6, 6.07) is 0. The molecule has 0 saturated heterocycles. The summed E-state index contributed by atoms with van der Waals surface area (Å²) >= 11 is 106. The van der Waals surface area contributed by atoms with E-state index < -0.39 is 46.8 Å². The SMILES string of the molecule is ClC(Cl)(Cl)C(Cl)(Cl)CC(Cl)(Cl)C(Cl)(Cl)OC(Cl)(Cl)C(Cl)(Cl)CC(Cl)(Cl)C(Cl)(Cl)Cl. The van der Waals surface area contributed by atoms with Crippen molar-refractivity contribution in [1.29, 1.82) is 0 Å². The maximum absolute atomic E-state index is 6.09. The van der Waals surface area contributed by atoms with E-state index >= 15 is 0 Å². The number of hydrogen-bond donors (Lipinski definition) is 0. The van der Waals surface area contributed by atoms with Gasteiger partial charge >= 0.3 is 0 Å². The lowest BCUT2D eigenvalue weighted by atomic mass is 10.2. The van der Waals surface area contributed by atoms with Crippen LogP contribution in [0.2, 0.25) is 0 Å². The fraction of sp³-hybridized carbons (Fsp3) is 1.00. The molecule has 0 saturated carbocycles. The van der Waals surface area contributed by atoms with Gasteiger partial charge < -0.3 is 4.74 Å². The number of ether oxygens (including phenoxy) is 1. The van der Waals surface area contributed by atoms with Crippen LogP contribution in [0.3, 0.4) is 0 Å². The van der Waals surface area contributed by atoms with Gasteiger partial charge in [0.1, 0.15) is 0 Å². The molecule has 0 aliphatic carbocycles. The van der Waals surface area contributed by atoms with Crippen molar-refractivity contribution in [2.75, 3.05) is 0 Å². The van der Waals surface area contributed by atoms with Crippen molar-refractivity contribution in [2.24, 2.45) is 0 Å². The van der Waals surface area contributed by atoms with Crippen molar-refractivity contribution in [1.82, 2.24) is 0 Å². The predicted octanol–water partition coefficient (Wildman–Crippen LogP) is 11.5. The molecular formula is C10H4Cl18O. The summed E-state index contributed by atoms with van der Waals surface area (Å²) in [6.45, 7) is 0. The first-order valence-electron chi connectivity index (χ1n) is 6.22. The van der Waals surface area contributed by atoms with E-state index in [1.165, 1.54) is 0 Å². The summed E-state index contributed by atoms with van der Waals surface area (Å²) in [5.41, 5.74) is 0. The molecule has 0 aromatic carbocycles. The summed E-state index contributed by atoms with van der Waals surface area (Å²) in [4.78, 5) is 0. The van der Waals surface area contributed by atoms with E-state index in [2.05, 4.69) is 0 Å². The Morgan fingerprint density at radius 2 is 0.552 bits per heavy atom. The van der Waals surface area contributed by atoms with Gasteiger partial charge in [-0.1, -0.05) is 209 Å². The van der Waals surface area contributed by atoms with E-state index in [-0.39, 0.29) is 0 Å². The molecule has 0 aromatic rings. The van der Waals surface area contributed by atoms with Crippen molar-refractivity contribution in [2.45, 2.75) is 46.8 Å². The predicted molar refractivity (Wildman–Crippen MR) is 138 cm³/mol. The Morgan fingerprint density at radius 1 is 0.345 bits per heavy atom. The third kappa shape index (κ3) is 9.21. The lowest BCUT2D eigenvalue weighted by Crippen LogP contribution is -2.53. The molecule has 0 aromatic heterocycles. The van der Waals surface area contributed by atoms with E-state index in [9.17, 15) is 0 Å². The van der Waals surface area contributed by atoms with Gasteiger partial charge in [-0.15, -0.1) is 0 Å². The molecule has 0 aliphatic heterocycles. The minimum atomic E-state index is -2.72. The Balaban J connectivity index is 5.78. The summed E-state index contributed by atoms with van der Waals surface area (Å²) in [5, 5.41) is 0. The van der Waals surface area contributed by atoms with E-state index in [0.717, 1.165) is 0 Å². The lowest BCUT2D eigenvalue weighted by molar-refractivity contribution is 0.00600. The normalized spacial score (nSPS) is 16.3. The zero-order chi connectivity index (χ0) is 24.1. The van der Waals surface area contributed by atoms with Gasteiger partial charge in [0.05, 0.1) is 0 Å². The average molecular weight is 778 g/mol. The summed E-state index contributed by atoms with van der Waals surface area (Å²) in [7, 11) is 0. The zero-order valence-electron chi connectivity index (χ0n) is 12.6. The third-order valence-electron chi connectivity index (χ3n) is 2.83. The monoisotopic (exact) mass is 769 g/mol. The molecule has 0 bridgehead atoms. The molecule has 1 nitrogen and oxygen atoms in total. The van der Waals surface area contributed by atoms with Crippen LogP contribution in [0.25, 0.3) is 0 Å². The second-order valence-corrected chi connectivity index (χ2v) is 18.3. The maximum atomic E-state index is 6.09. The first-order valence-corrected chi connectivity index (χ1v) is 13.0. The fourth-order valence-corrected chi connectivity index (χ4v) is 4.87. The van der Waals surface area contributed by atoms with Gasteiger partial charge in [-0.05, 0) is 0 Å². The van der Waals surface area contributed by atoms with Crippen molar-refractivity contribution in [3.63, 3.8) is 0 Å². The molecule has 0 atom stereocenters. The highest BCUT2D eigenvalue weighted by atomic mass is 35.6. The van der Waals surface area contributed by atoms with Crippen molar-refractivity contribution < 1.29 is 4.74 Å². The molecule has 0 unspecified atom stereocenters. The molecule has 29 heavy (non-hydrogen) atoms. The fourth-order valence-electron chi connectivity index (χ4n) is 1.27. The standard InChI is InChI=1S/C10H4Cl18O/c11-3(12,7(19,20)21)1-5(15,16)9(25,26)29-10(27,28)6(17,18)2-4(13,14)8(22,23)24/h1-2H2. The highest BCUT2D eigenvalue weighted by molar-refractivity contribution is 6.77. The molecular weight excluding hydrogens is 774 g/mol. The first kappa shape index (κ1) is 34.2. The van der Waals surface area contributed by atoms with E-state index in [1.807, 2.05) is 0 Å². The van der Waals surface area contributed by atoms with Crippen LogP contribution in [0.4, 0.5) is 0 Å². The molecule has 0 radical (unpaired) electrons. The first-order chi connectivity index (χ1) is 12.1. The van der Waals surface area contributed by atoms with Crippen LogP contribution in [0, 0.1) is 0 Å². The third-order valence-corrected chi connectivity index (χ3v) is 11.6. The molecule has 0 N–H and O–H groups in total. The number of hydrogen-bond acceptors (Lipinski definition) is 1. The topological polar surface area (TPSA) is 9.23 Å². The average Bonchev–Trinajstić information content (AvgIpc) is 2.30. The number of rotatable bonds is 8. The molecule has 0 spiro atoms. The highest BCUT2D eigenvalue weighted by Gasteiger charge is 2.64. The maximum Gasteiger partial charge on any atom is 0.253 e. The Labute approximate surface area is 257 Å². The number of halogens is 18. The zero-order valence-corrected chi connectivity index (χ0v) is 26.2. The second kappa shape index (κ2) is 10.9. The Kier molecular flexibility index (Phi) is 12.8. The van der Waals surface area contributed by atoms with Gasteiger partial charge in [-0.25, -0.2) is 0 Å². The Hall–Kier alpha value is 5.18. The molecule has 0 fully saturated rings. The molecule has 0 rings (SSSR count). The van der Waals surface area contributed by atoms with Crippen LogP contribution in [0.1, 0.15) is 12.8 Å². The summed E-state index contributed by atoms with van der Waals surface area (Å²) < 4.78 is -14.2. The van der Waals surface area contributed by atoms with E-state index in [0.29, 0.717) is 0 Å². The van der Waals surface area contributed by atoms with Gasteiger partial charge in [0.25, 0.3) is 9.04 Å². The molecule has 19 heteroatoms. The van der Waals surface area contributed by atoms with Gasteiger partial charge in [-0.3, -0.25) is 0 Å². The van der Waals surface area contributed by atoms with Crippen molar-refractivity contribution in [3.05, 3.63) is 0 Å². The van der Waals surface area contributed by atoms with Gasteiger partial charge in [0, 0.05) is 12.8 Å². The van der Waals surface area contributed by atoms with E-state index in [4.69, 9.17) is 214 Å². The quantitative estimate of drug-likeness (QED) is 0.223. The molecule has 0 aliphatic rings. The Bertz CT molecular complexity index is 518. The van der Waals surface area contributed by atoms with Crippen molar-refractivity contribution >= 4 is 209 Å². The van der Waals surface area contributed by atoms with E-state index in [1.54, 1.807) is 0 Å². The van der Waals surface area contributed by atoms with Gasteiger partial charge in [-0.2, -0.15) is 0 Å². The van der Waals surface area contributed by atoms with Crippen LogP contribution in [-0.2, 0) is 4.74 Å². The summed E-state index contributed by atoms with van der Waals surface area (Å²) in [5.74, 6) is 0. The molecule has 0 amide bonds. The molecule has 176 valence electrons. The number of alkyl halides is 18.